The number of anilines is 1. The lowest BCUT2D eigenvalue weighted by Gasteiger charge is -2.08. The molecule has 1 aromatic rings. The smallest absolute Gasteiger partial charge is 0.144 e. The molecule has 1 heterocycles. The van der Waals surface area contributed by atoms with Crippen molar-refractivity contribution in [1.29, 1.82) is 0 Å². The van der Waals surface area contributed by atoms with Gasteiger partial charge in [-0.25, -0.2) is 4.98 Å². The van der Waals surface area contributed by atoms with Crippen LogP contribution in [0.4, 0.5) is 5.82 Å². The number of ether oxygens (including phenoxy) is 1. The lowest BCUT2D eigenvalue weighted by molar-refractivity contribution is 0.110. The maximum Gasteiger partial charge on any atom is 0.144 e. The van der Waals surface area contributed by atoms with Gasteiger partial charge in [0.1, 0.15) is 5.82 Å². The first-order valence-electron chi connectivity index (χ1n) is 5.62. The SMILES string of the molecule is CC(C)COCCCNc1ncccc1Cl. The van der Waals surface area contributed by atoms with Crippen molar-refractivity contribution in [3.8, 4) is 0 Å². The van der Waals surface area contributed by atoms with Crippen LogP contribution in [0, 0.1) is 5.92 Å². The molecule has 1 aromatic heterocycles. The van der Waals surface area contributed by atoms with Crippen LogP contribution in [0.3, 0.4) is 0 Å². The fourth-order valence-electron chi connectivity index (χ4n) is 1.22. The molecule has 0 saturated heterocycles. The molecule has 16 heavy (non-hydrogen) atoms. The Morgan fingerprint density at radius 3 is 3.00 bits per heavy atom. The van der Waals surface area contributed by atoms with Gasteiger partial charge in [0.25, 0.3) is 0 Å². The quantitative estimate of drug-likeness (QED) is 0.746. The van der Waals surface area contributed by atoms with Gasteiger partial charge in [-0.2, -0.15) is 0 Å². The lowest BCUT2D eigenvalue weighted by atomic mass is 10.2. The zero-order valence-corrected chi connectivity index (χ0v) is 10.6. The van der Waals surface area contributed by atoms with E-state index in [1.807, 2.05) is 12.1 Å². The molecule has 0 saturated carbocycles. The third-order valence-electron chi connectivity index (χ3n) is 1.97. The number of rotatable bonds is 7. The highest BCUT2D eigenvalue weighted by atomic mass is 35.5. The fourth-order valence-corrected chi connectivity index (χ4v) is 1.40. The third-order valence-corrected chi connectivity index (χ3v) is 2.27. The summed E-state index contributed by atoms with van der Waals surface area (Å²) in [6.07, 6.45) is 2.68. The molecule has 0 spiro atoms. The number of pyridine rings is 1. The molecule has 0 aliphatic rings. The molecule has 0 aliphatic carbocycles. The van der Waals surface area contributed by atoms with Gasteiger partial charge in [-0.05, 0) is 24.5 Å². The van der Waals surface area contributed by atoms with Crippen LogP contribution in [0.15, 0.2) is 18.3 Å². The van der Waals surface area contributed by atoms with Crippen LogP contribution in [-0.4, -0.2) is 24.7 Å². The predicted molar refractivity (Wildman–Crippen MR) is 68.0 cm³/mol. The molecule has 4 heteroatoms. The average molecular weight is 243 g/mol. The number of nitrogens with zero attached hydrogens (tertiary/aromatic N) is 1. The van der Waals surface area contributed by atoms with E-state index in [0.29, 0.717) is 10.9 Å². The molecule has 0 fully saturated rings. The molecule has 0 bridgehead atoms. The summed E-state index contributed by atoms with van der Waals surface area (Å²) in [6, 6.07) is 3.64. The molecule has 0 aliphatic heterocycles. The number of hydrogen-bond donors (Lipinski definition) is 1. The van der Waals surface area contributed by atoms with Gasteiger partial charge in [0.15, 0.2) is 0 Å². The largest absolute Gasteiger partial charge is 0.381 e. The molecular formula is C12H19ClN2O. The van der Waals surface area contributed by atoms with Crippen LogP contribution in [0.1, 0.15) is 20.3 Å². The van der Waals surface area contributed by atoms with E-state index in [1.165, 1.54) is 0 Å². The molecule has 1 rings (SSSR count). The Kier molecular flexibility index (Phi) is 6.19. The van der Waals surface area contributed by atoms with E-state index in [4.69, 9.17) is 16.3 Å². The van der Waals surface area contributed by atoms with Gasteiger partial charge in [-0.15, -0.1) is 0 Å². The highest BCUT2D eigenvalue weighted by Gasteiger charge is 1.98. The third kappa shape index (κ3) is 5.33. The first-order chi connectivity index (χ1) is 7.70. The Bertz CT molecular complexity index is 305. The number of nitrogens with one attached hydrogen (secondary N) is 1. The summed E-state index contributed by atoms with van der Waals surface area (Å²) in [7, 11) is 0. The van der Waals surface area contributed by atoms with Crippen molar-refractivity contribution in [2.75, 3.05) is 25.1 Å². The molecule has 0 unspecified atom stereocenters. The highest BCUT2D eigenvalue weighted by molar-refractivity contribution is 6.32. The van der Waals surface area contributed by atoms with Crippen LogP contribution < -0.4 is 5.32 Å². The van der Waals surface area contributed by atoms with E-state index in [2.05, 4.69) is 24.1 Å². The van der Waals surface area contributed by atoms with E-state index in [1.54, 1.807) is 6.20 Å². The summed E-state index contributed by atoms with van der Waals surface area (Å²) in [5.74, 6) is 1.34. The zero-order valence-electron chi connectivity index (χ0n) is 9.87. The summed E-state index contributed by atoms with van der Waals surface area (Å²) in [4.78, 5) is 4.14. The summed E-state index contributed by atoms with van der Waals surface area (Å²) in [6.45, 7) is 6.71. The Morgan fingerprint density at radius 2 is 2.31 bits per heavy atom. The first-order valence-corrected chi connectivity index (χ1v) is 6.00. The Morgan fingerprint density at radius 1 is 1.50 bits per heavy atom. The summed E-state index contributed by atoms with van der Waals surface area (Å²) in [5, 5.41) is 3.84. The van der Waals surface area contributed by atoms with Gasteiger partial charge in [-0.1, -0.05) is 25.4 Å². The van der Waals surface area contributed by atoms with Gasteiger partial charge >= 0.3 is 0 Å². The molecular weight excluding hydrogens is 224 g/mol. The Labute approximate surface area is 102 Å². The van der Waals surface area contributed by atoms with Crippen molar-refractivity contribution in [3.05, 3.63) is 23.4 Å². The maximum atomic E-state index is 5.95. The van der Waals surface area contributed by atoms with Crippen LogP contribution in [0.5, 0.6) is 0 Å². The Balaban J connectivity index is 2.10. The zero-order chi connectivity index (χ0) is 11.8. The van der Waals surface area contributed by atoms with E-state index in [-0.39, 0.29) is 0 Å². The van der Waals surface area contributed by atoms with E-state index in [9.17, 15) is 0 Å². The van der Waals surface area contributed by atoms with Gasteiger partial charge in [0, 0.05) is 26.0 Å². The topological polar surface area (TPSA) is 34.1 Å². The van der Waals surface area contributed by atoms with Crippen molar-refractivity contribution >= 4 is 17.4 Å². The molecule has 0 atom stereocenters. The molecule has 0 aromatic carbocycles. The molecule has 1 N–H and O–H groups in total. The van der Waals surface area contributed by atoms with Crippen molar-refractivity contribution in [2.24, 2.45) is 5.92 Å². The minimum atomic E-state index is 0.596. The van der Waals surface area contributed by atoms with Crippen LogP contribution in [-0.2, 0) is 4.74 Å². The first kappa shape index (κ1) is 13.3. The van der Waals surface area contributed by atoms with Crippen LogP contribution >= 0.6 is 11.6 Å². The van der Waals surface area contributed by atoms with Crippen molar-refractivity contribution < 1.29 is 4.74 Å². The molecule has 0 amide bonds. The van der Waals surface area contributed by atoms with Gasteiger partial charge in [0.05, 0.1) is 5.02 Å². The van der Waals surface area contributed by atoms with E-state index in [0.717, 1.165) is 32.0 Å². The van der Waals surface area contributed by atoms with Gasteiger partial charge < -0.3 is 10.1 Å². The van der Waals surface area contributed by atoms with Crippen molar-refractivity contribution in [3.63, 3.8) is 0 Å². The highest BCUT2D eigenvalue weighted by Crippen LogP contribution is 2.16. The number of aromatic nitrogens is 1. The minimum absolute atomic E-state index is 0.596. The average Bonchev–Trinajstić information content (AvgIpc) is 2.25. The second-order valence-electron chi connectivity index (χ2n) is 4.08. The summed E-state index contributed by atoms with van der Waals surface area (Å²) >= 11 is 5.95. The standard InChI is InChI=1S/C12H19ClN2O/c1-10(2)9-16-8-4-7-15-12-11(13)5-3-6-14-12/h3,5-6,10H,4,7-9H2,1-2H3,(H,14,15). The number of halogens is 1. The predicted octanol–water partition coefficient (Wildman–Crippen LogP) is 3.21. The van der Waals surface area contributed by atoms with Gasteiger partial charge in [-0.3, -0.25) is 0 Å². The van der Waals surface area contributed by atoms with Crippen molar-refractivity contribution in [2.45, 2.75) is 20.3 Å². The number of hydrogen-bond acceptors (Lipinski definition) is 3. The van der Waals surface area contributed by atoms with Gasteiger partial charge in [0.2, 0.25) is 0 Å². The lowest BCUT2D eigenvalue weighted by Crippen LogP contribution is -2.09. The minimum Gasteiger partial charge on any atom is -0.381 e. The van der Waals surface area contributed by atoms with E-state index >= 15 is 0 Å². The fraction of sp³-hybridized carbons (Fsp3) is 0.583. The normalized spacial score (nSPS) is 10.8. The second kappa shape index (κ2) is 7.47. The van der Waals surface area contributed by atoms with Crippen LogP contribution in [0.25, 0.3) is 0 Å². The van der Waals surface area contributed by atoms with Crippen LogP contribution in [0.2, 0.25) is 5.02 Å². The van der Waals surface area contributed by atoms with E-state index < -0.39 is 0 Å². The second-order valence-corrected chi connectivity index (χ2v) is 4.49. The van der Waals surface area contributed by atoms with Crippen molar-refractivity contribution in [1.82, 2.24) is 4.98 Å². The Hall–Kier alpha value is -0.800. The monoisotopic (exact) mass is 242 g/mol. The summed E-state index contributed by atoms with van der Waals surface area (Å²) < 4.78 is 5.47. The summed E-state index contributed by atoms with van der Waals surface area (Å²) in [5.41, 5.74) is 0. The molecule has 0 radical (unpaired) electrons. The molecule has 3 nitrogen and oxygen atoms in total. The molecule has 90 valence electrons. The maximum absolute atomic E-state index is 5.95.